The zero-order chi connectivity index (χ0) is 19.1. The van der Waals surface area contributed by atoms with Gasteiger partial charge >= 0.3 is 0 Å². The maximum atomic E-state index is 11.5. The number of rotatable bonds is 10. The number of nitrogens with one attached hydrogen (secondary N) is 1. The maximum Gasteiger partial charge on any atom is 0.226 e. The van der Waals surface area contributed by atoms with Crippen molar-refractivity contribution in [1.82, 2.24) is 15.1 Å². The van der Waals surface area contributed by atoms with Crippen LogP contribution < -0.4 is 5.32 Å². The van der Waals surface area contributed by atoms with Gasteiger partial charge in [0.1, 0.15) is 12.6 Å². The molecular weight excluding hydrogens is 306 g/mol. The predicted molar refractivity (Wildman–Crippen MR) is 98.6 cm³/mol. The first-order valence-corrected chi connectivity index (χ1v) is 7.75. The van der Waals surface area contributed by atoms with Crippen LogP contribution in [0.15, 0.2) is 36.6 Å². The molecule has 1 amide bonds. The second kappa shape index (κ2) is 14.4. The summed E-state index contributed by atoms with van der Waals surface area (Å²) in [5, 5.41) is 2.60. The van der Waals surface area contributed by atoms with Crippen LogP contribution in [-0.4, -0.2) is 69.1 Å². The van der Waals surface area contributed by atoms with E-state index in [9.17, 15) is 9.59 Å². The molecule has 0 radical (unpaired) electrons. The Hall–Kier alpha value is -2.21. The van der Waals surface area contributed by atoms with Crippen molar-refractivity contribution in [3.05, 3.63) is 36.6 Å². The molecule has 0 aromatic heterocycles. The van der Waals surface area contributed by atoms with Gasteiger partial charge in [-0.1, -0.05) is 19.2 Å². The standard InChI is InChI=1S/C16H27N3O2.C2H4O/c1-13(15(3)16(21)17-4)7-8-14(2)19(6)10-9-18(5)11-12-20;1-2-3/h7-8,12,15H,1-2,9-11H2,3-6H3,(H,17,21);2H,1H3/b8-7-;. The fourth-order valence-corrected chi connectivity index (χ4v) is 1.54. The first kappa shape index (κ1) is 24.0. The third kappa shape index (κ3) is 11.4. The van der Waals surface area contributed by atoms with E-state index >= 15 is 0 Å². The Morgan fingerprint density at radius 3 is 2.17 bits per heavy atom. The van der Waals surface area contributed by atoms with Crippen LogP contribution in [0.3, 0.4) is 0 Å². The van der Waals surface area contributed by atoms with Crippen molar-refractivity contribution < 1.29 is 14.4 Å². The number of allylic oxidation sites excluding steroid dienone is 2. The molecule has 0 spiro atoms. The van der Waals surface area contributed by atoms with Crippen LogP contribution in [0.5, 0.6) is 0 Å². The zero-order valence-corrected chi connectivity index (χ0v) is 15.5. The van der Waals surface area contributed by atoms with Crippen molar-refractivity contribution in [3.63, 3.8) is 0 Å². The topological polar surface area (TPSA) is 69.7 Å². The minimum atomic E-state index is -0.261. The number of carbonyl (C=O) groups excluding carboxylic acids is 3. The fraction of sp³-hybridized carbons (Fsp3) is 0.500. The van der Waals surface area contributed by atoms with Crippen LogP contribution in [0.2, 0.25) is 0 Å². The van der Waals surface area contributed by atoms with Crippen molar-refractivity contribution in [2.24, 2.45) is 5.92 Å². The van der Waals surface area contributed by atoms with Crippen molar-refractivity contribution in [2.45, 2.75) is 13.8 Å². The zero-order valence-electron chi connectivity index (χ0n) is 15.5. The molecule has 0 aromatic carbocycles. The van der Waals surface area contributed by atoms with Crippen molar-refractivity contribution in [2.75, 3.05) is 40.8 Å². The van der Waals surface area contributed by atoms with Crippen LogP contribution in [0.4, 0.5) is 0 Å². The lowest BCUT2D eigenvalue weighted by Crippen LogP contribution is -2.31. The van der Waals surface area contributed by atoms with Gasteiger partial charge in [-0.25, -0.2) is 0 Å². The smallest absolute Gasteiger partial charge is 0.226 e. The van der Waals surface area contributed by atoms with E-state index in [0.717, 1.165) is 36.9 Å². The summed E-state index contributed by atoms with van der Waals surface area (Å²) >= 11 is 0. The SMILES string of the molecule is C=C(/C=C\C(=C)N(C)CCN(C)CC=O)C(C)C(=O)NC.CC=O. The second-order valence-electron chi connectivity index (χ2n) is 5.32. The quantitative estimate of drug-likeness (QED) is 0.480. The highest BCUT2D eigenvalue weighted by atomic mass is 16.1. The minimum absolute atomic E-state index is 0.0564. The number of hydrogen-bond acceptors (Lipinski definition) is 5. The Balaban J connectivity index is 0. The molecule has 0 saturated heterocycles. The van der Waals surface area contributed by atoms with Gasteiger partial charge in [-0.15, -0.1) is 0 Å². The fourth-order valence-electron chi connectivity index (χ4n) is 1.54. The van der Waals surface area contributed by atoms with Gasteiger partial charge in [-0.3, -0.25) is 9.69 Å². The highest BCUT2D eigenvalue weighted by Crippen LogP contribution is 2.11. The Morgan fingerprint density at radius 2 is 1.71 bits per heavy atom. The molecule has 1 atom stereocenters. The summed E-state index contributed by atoms with van der Waals surface area (Å²) in [6.45, 7) is 13.1. The second-order valence-corrected chi connectivity index (χ2v) is 5.32. The Kier molecular flexibility index (Phi) is 14.4. The van der Waals surface area contributed by atoms with E-state index in [1.54, 1.807) is 7.05 Å². The number of aldehydes is 2. The van der Waals surface area contributed by atoms with Gasteiger partial charge in [0, 0.05) is 32.9 Å². The number of amides is 1. The molecule has 0 heterocycles. The Morgan fingerprint density at radius 1 is 1.17 bits per heavy atom. The first-order valence-electron chi connectivity index (χ1n) is 7.75. The van der Waals surface area contributed by atoms with Crippen LogP contribution in [0.25, 0.3) is 0 Å². The van der Waals surface area contributed by atoms with Gasteiger partial charge in [0.15, 0.2) is 0 Å². The molecule has 0 rings (SSSR count). The molecule has 0 saturated carbocycles. The molecule has 0 aliphatic rings. The summed E-state index contributed by atoms with van der Waals surface area (Å²) in [7, 11) is 5.44. The lowest BCUT2D eigenvalue weighted by molar-refractivity contribution is -0.122. The van der Waals surface area contributed by atoms with Crippen LogP contribution in [0.1, 0.15) is 13.8 Å². The summed E-state index contributed by atoms with van der Waals surface area (Å²) in [6, 6.07) is 0. The average molecular weight is 337 g/mol. The third-order valence-electron chi connectivity index (χ3n) is 3.38. The molecule has 1 N–H and O–H groups in total. The summed E-state index contributed by atoms with van der Waals surface area (Å²) in [5.41, 5.74) is 1.57. The van der Waals surface area contributed by atoms with Gasteiger partial charge < -0.3 is 19.8 Å². The molecule has 0 aliphatic heterocycles. The van der Waals surface area contributed by atoms with Crippen LogP contribution in [-0.2, 0) is 14.4 Å². The van der Waals surface area contributed by atoms with Gasteiger partial charge in [-0.2, -0.15) is 0 Å². The third-order valence-corrected chi connectivity index (χ3v) is 3.38. The van der Waals surface area contributed by atoms with Crippen LogP contribution >= 0.6 is 0 Å². The summed E-state index contributed by atoms with van der Waals surface area (Å²) in [4.78, 5) is 34.6. The molecular formula is C18H31N3O3. The maximum absolute atomic E-state index is 11.5. The van der Waals surface area contributed by atoms with E-state index in [2.05, 4.69) is 18.5 Å². The normalized spacial score (nSPS) is 11.2. The molecule has 24 heavy (non-hydrogen) atoms. The lowest BCUT2D eigenvalue weighted by atomic mass is 10.0. The summed E-state index contributed by atoms with van der Waals surface area (Å²) in [5.74, 6) is -0.317. The molecule has 0 bridgehead atoms. The van der Waals surface area contributed by atoms with E-state index in [0.29, 0.717) is 6.54 Å². The predicted octanol–water partition coefficient (Wildman–Crippen LogP) is 1.26. The number of nitrogens with zero attached hydrogens (tertiary/aromatic N) is 2. The molecule has 136 valence electrons. The average Bonchev–Trinajstić information content (AvgIpc) is 2.56. The first-order chi connectivity index (χ1) is 11.2. The van der Waals surface area contributed by atoms with Gasteiger partial charge in [0.05, 0.1) is 12.5 Å². The molecule has 0 aromatic rings. The largest absolute Gasteiger partial charge is 0.374 e. The summed E-state index contributed by atoms with van der Waals surface area (Å²) in [6.07, 6.45) is 5.30. The highest BCUT2D eigenvalue weighted by Gasteiger charge is 2.12. The highest BCUT2D eigenvalue weighted by molar-refractivity contribution is 5.81. The lowest BCUT2D eigenvalue weighted by Gasteiger charge is -2.22. The molecule has 0 aliphatic carbocycles. The number of hydrogen-bond donors (Lipinski definition) is 1. The molecule has 0 fully saturated rings. The van der Waals surface area contributed by atoms with Crippen LogP contribution in [0, 0.1) is 5.92 Å². The number of likely N-dealkylation sites (N-methyl/N-ethyl adjacent to an activating group) is 2. The van der Waals surface area contributed by atoms with Crippen molar-refractivity contribution >= 4 is 18.5 Å². The van der Waals surface area contributed by atoms with Crippen molar-refractivity contribution in [1.29, 1.82) is 0 Å². The van der Waals surface area contributed by atoms with E-state index in [1.807, 2.05) is 43.0 Å². The molecule has 1 unspecified atom stereocenters. The number of carbonyl (C=O) groups is 3. The van der Waals surface area contributed by atoms with Crippen molar-refractivity contribution in [3.8, 4) is 0 Å². The minimum Gasteiger partial charge on any atom is -0.374 e. The monoisotopic (exact) mass is 337 g/mol. The van der Waals surface area contributed by atoms with E-state index in [1.165, 1.54) is 6.92 Å². The Labute approximate surface area is 145 Å². The summed E-state index contributed by atoms with van der Waals surface area (Å²) < 4.78 is 0. The Bertz CT molecular complexity index is 458. The molecule has 6 heteroatoms. The van der Waals surface area contributed by atoms with E-state index < -0.39 is 0 Å². The van der Waals surface area contributed by atoms with Gasteiger partial charge in [0.25, 0.3) is 0 Å². The van der Waals surface area contributed by atoms with Gasteiger partial charge in [0.2, 0.25) is 5.91 Å². The van der Waals surface area contributed by atoms with E-state index in [4.69, 9.17) is 4.79 Å². The molecule has 6 nitrogen and oxygen atoms in total. The van der Waals surface area contributed by atoms with E-state index in [-0.39, 0.29) is 11.8 Å². The van der Waals surface area contributed by atoms with Gasteiger partial charge in [-0.05, 0) is 32.5 Å².